The number of aromatic nitrogens is 3. The predicted molar refractivity (Wildman–Crippen MR) is 76.3 cm³/mol. The van der Waals surface area contributed by atoms with Crippen LogP contribution < -0.4 is 5.32 Å². The molecule has 7 heteroatoms. The summed E-state index contributed by atoms with van der Waals surface area (Å²) in [6, 6.07) is 3.90. The second-order valence-electron chi connectivity index (χ2n) is 4.53. The van der Waals surface area contributed by atoms with Crippen LogP contribution in [0.15, 0.2) is 18.3 Å². The molecule has 19 heavy (non-hydrogen) atoms. The molecule has 100 valence electrons. The Bertz CT molecular complexity index is 584. The first kappa shape index (κ1) is 13.2. The van der Waals surface area contributed by atoms with Crippen LogP contribution in [0.4, 0.5) is 0 Å². The zero-order valence-electron chi connectivity index (χ0n) is 9.91. The summed E-state index contributed by atoms with van der Waals surface area (Å²) in [5.74, 6) is 0. The van der Waals surface area contributed by atoms with Gasteiger partial charge in [0.1, 0.15) is 5.69 Å². The Morgan fingerprint density at radius 3 is 2.53 bits per heavy atom. The zero-order chi connectivity index (χ0) is 13.4. The average Bonchev–Trinajstić information content (AvgIpc) is 3.05. The molecule has 0 atom stereocenters. The van der Waals surface area contributed by atoms with Crippen LogP contribution in [-0.2, 0) is 6.54 Å². The first-order valence-electron chi connectivity index (χ1n) is 5.93. The molecule has 1 aromatic heterocycles. The summed E-state index contributed by atoms with van der Waals surface area (Å²) in [4.78, 5) is 0. The van der Waals surface area contributed by atoms with Crippen molar-refractivity contribution >= 4 is 34.8 Å². The highest BCUT2D eigenvalue weighted by Gasteiger charge is 2.20. The van der Waals surface area contributed by atoms with Crippen molar-refractivity contribution in [1.82, 2.24) is 20.3 Å². The standard InChI is InChI=1S/C12H11Cl3N4/c13-7-3-10(14)12(11(15)4-7)19-6-9(17-18-19)5-16-8-1-2-8/h3-4,6,8,16H,1-2,5H2. The third-order valence-corrected chi connectivity index (χ3v) is 3.70. The minimum absolute atomic E-state index is 0.448. The van der Waals surface area contributed by atoms with E-state index in [9.17, 15) is 0 Å². The number of nitrogens with zero attached hydrogens (tertiary/aromatic N) is 3. The minimum atomic E-state index is 0.448. The van der Waals surface area contributed by atoms with Crippen molar-refractivity contribution < 1.29 is 0 Å². The van der Waals surface area contributed by atoms with Gasteiger partial charge in [-0.1, -0.05) is 40.0 Å². The Balaban J connectivity index is 1.85. The molecule has 0 bridgehead atoms. The largest absolute Gasteiger partial charge is 0.308 e. The van der Waals surface area contributed by atoms with E-state index in [0.29, 0.717) is 33.3 Å². The molecule has 3 rings (SSSR count). The number of hydrogen-bond acceptors (Lipinski definition) is 3. The van der Waals surface area contributed by atoms with Crippen LogP contribution in [0.1, 0.15) is 18.5 Å². The van der Waals surface area contributed by atoms with E-state index in [2.05, 4.69) is 15.6 Å². The summed E-state index contributed by atoms with van der Waals surface area (Å²) >= 11 is 18.2. The molecule has 1 N–H and O–H groups in total. The highest BCUT2D eigenvalue weighted by atomic mass is 35.5. The van der Waals surface area contributed by atoms with Gasteiger partial charge in [0.15, 0.2) is 0 Å². The van der Waals surface area contributed by atoms with E-state index in [-0.39, 0.29) is 0 Å². The number of nitrogens with one attached hydrogen (secondary N) is 1. The van der Waals surface area contributed by atoms with Gasteiger partial charge >= 0.3 is 0 Å². The van der Waals surface area contributed by atoms with Gasteiger partial charge < -0.3 is 5.32 Å². The van der Waals surface area contributed by atoms with Gasteiger partial charge in [-0.3, -0.25) is 0 Å². The lowest BCUT2D eigenvalue weighted by Crippen LogP contribution is -2.15. The normalized spacial score (nSPS) is 14.9. The highest BCUT2D eigenvalue weighted by Crippen LogP contribution is 2.31. The molecule has 1 aromatic carbocycles. The summed E-state index contributed by atoms with van der Waals surface area (Å²) in [5, 5.41) is 12.9. The quantitative estimate of drug-likeness (QED) is 0.939. The third-order valence-electron chi connectivity index (χ3n) is 2.90. The van der Waals surface area contributed by atoms with Gasteiger partial charge in [-0.15, -0.1) is 5.10 Å². The van der Waals surface area contributed by atoms with Gasteiger partial charge in [0.05, 0.1) is 21.9 Å². The summed E-state index contributed by atoms with van der Waals surface area (Å²) in [7, 11) is 0. The maximum Gasteiger partial charge on any atom is 0.104 e. The first-order chi connectivity index (χ1) is 9.13. The molecule has 0 radical (unpaired) electrons. The van der Waals surface area contributed by atoms with Crippen LogP contribution in [-0.4, -0.2) is 21.0 Å². The molecule has 0 spiro atoms. The van der Waals surface area contributed by atoms with E-state index >= 15 is 0 Å². The first-order valence-corrected chi connectivity index (χ1v) is 7.06. The fraction of sp³-hybridized carbons (Fsp3) is 0.333. The molecule has 1 heterocycles. The van der Waals surface area contributed by atoms with E-state index in [1.165, 1.54) is 12.8 Å². The predicted octanol–water partition coefficient (Wildman–Crippen LogP) is 3.48. The number of benzene rings is 1. The van der Waals surface area contributed by atoms with Crippen LogP contribution in [0.2, 0.25) is 15.1 Å². The van der Waals surface area contributed by atoms with Crippen LogP contribution in [0.5, 0.6) is 0 Å². The summed E-state index contributed by atoms with van der Waals surface area (Å²) in [6.07, 6.45) is 4.29. The van der Waals surface area contributed by atoms with E-state index in [4.69, 9.17) is 34.8 Å². The minimum Gasteiger partial charge on any atom is -0.308 e. The van der Waals surface area contributed by atoms with Crippen LogP contribution in [0.25, 0.3) is 5.69 Å². The molecular formula is C12H11Cl3N4. The van der Waals surface area contributed by atoms with Crippen molar-refractivity contribution in [2.45, 2.75) is 25.4 Å². The Morgan fingerprint density at radius 1 is 1.21 bits per heavy atom. The number of hydrogen-bond donors (Lipinski definition) is 1. The van der Waals surface area contributed by atoms with Gasteiger partial charge in [0, 0.05) is 17.6 Å². The van der Waals surface area contributed by atoms with Gasteiger partial charge in [0.2, 0.25) is 0 Å². The fourth-order valence-corrected chi connectivity index (χ4v) is 2.77. The monoisotopic (exact) mass is 316 g/mol. The summed E-state index contributed by atoms with van der Waals surface area (Å²) in [5.41, 5.74) is 1.45. The summed E-state index contributed by atoms with van der Waals surface area (Å²) in [6.45, 7) is 0.702. The maximum absolute atomic E-state index is 6.14. The molecule has 1 saturated carbocycles. The number of rotatable bonds is 4. The van der Waals surface area contributed by atoms with E-state index in [1.807, 2.05) is 6.20 Å². The third kappa shape index (κ3) is 3.03. The van der Waals surface area contributed by atoms with Gasteiger partial charge in [-0.05, 0) is 25.0 Å². The van der Waals surface area contributed by atoms with Gasteiger partial charge in [-0.2, -0.15) is 0 Å². The highest BCUT2D eigenvalue weighted by molar-refractivity contribution is 6.40. The van der Waals surface area contributed by atoms with Crippen LogP contribution >= 0.6 is 34.8 Å². The van der Waals surface area contributed by atoms with E-state index in [1.54, 1.807) is 16.8 Å². The second kappa shape index (κ2) is 5.29. The van der Waals surface area contributed by atoms with Crippen molar-refractivity contribution in [2.75, 3.05) is 0 Å². The van der Waals surface area contributed by atoms with Crippen molar-refractivity contribution in [3.8, 4) is 5.69 Å². The van der Waals surface area contributed by atoms with Crippen LogP contribution in [0.3, 0.4) is 0 Å². The van der Waals surface area contributed by atoms with E-state index < -0.39 is 0 Å². The van der Waals surface area contributed by atoms with Crippen molar-refractivity contribution in [3.05, 3.63) is 39.1 Å². The van der Waals surface area contributed by atoms with Gasteiger partial charge in [-0.25, -0.2) is 4.68 Å². The number of halogens is 3. The van der Waals surface area contributed by atoms with Crippen molar-refractivity contribution in [2.24, 2.45) is 0 Å². The molecule has 0 saturated heterocycles. The smallest absolute Gasteiger partial charge is 0.104 e. The zero-order valence-corrected chi connectivity index (χ0v) is 12.2. The SMILES string of the molecule is Clc1cc(Cl)c(-n2cc(CNC3CC3)nn2)c(Cl)c1. The summed E-state index contributed by atoms with van der Waals surface area (Å²) < 4.78 is 1.57. The maximum atomic E-state index is 6.14. The molecule has 0 aliphatic heterocycles. The van der Waals surface area contributed by atoms with Crippen molar-refractivity contribution in [3.63, 3.8) is 0 Å². The molecule has 0 amide bonds. The topological polar surface area (TPSA) is 42.7 Å². The molecule has 2 aromatic rings. The second-order valence-corrected chi connectivity index (χ2v) is 5.78. The Morgan fingerprint density at radius 2 is 1.89 bits per heavy atom. The Labute approximate surface area is 125 Å². The lowest BCUT2D eigenvalue weighted by atomic mass is 10.3. The lowest BCUT2D eigenvalue weighted by Gasteiger charge is -2.06. The van der Waals surface area contributed by atoms with E-state index in [0.717, 1.165) is 5.69 Å². The molecular weight excluding hydrogens is 307 g/mol. The molecule has 4 nitrogen and oxygen atoms in total. The Kier molecular flexibility index (Phi) is 3.67. The average molecular weight is 318 g/mol. The van der Waals surface area contributed by atoms with Crippen LogP contribution in [0, 0.1) is 0 Å². The van der Waals surface area contributed by atoms with Gasteiger partial charge in [0.25, 0.3) is 0 Å². The fourth-order valence-electron chi connectivity index (χ4n) is 1.78. The Hall–Kier alpha value is -0.810. The molecule has 1 fully saturated rings. The molecule has 1 aliphatic carbocycles. The van der Waals surface area contributed by atoms with Crippen molar-refractivity contribution in [1.29, 1.82) is 0 Å². The lowest BCUT2D eigenvalue weighted by molar-refractivity contribution is 0.671. The molecule has 0 unspecified atom stereocenters. The molecule has 1 aliphatic rings.